The number of carboxylic acid groups (broad SMARTS) is 1. The average Bonchev–Trinajstić information content (AvgIpc) is 2.26. The van der Waals surface area contributed by atoms with Crippen molar-refractivity contribution < 1.29 is 14.6 Å². The minimum absolute atomic E-state index is 0.106. The Morgan fingerprint density at radius 3 is 2.53 bits per heavy atom. The average molecular weight is 253 g/mol. The Kier molecular flexibility index (Phi) is 3.91. The van der Waals surface area contributed by atoms with E-state index in [0.717, 1.165) is 22.8 Å². The third-order valence-electron chi connectivity index (χ3n) is 2.73. The maximum Gasteiger partial charge on any atom is 0.312 e. The number of rotatable bonds is 5. The third-order valence-corrected chi connectivity index (χ3v) is 3.94. The van der Waals surface area contributed by atoms with Crippen molar-refractivity contribution in [3.8, 4) is 5.75 Å². The molecule has 0 aliphatic carbocycles. The van der Waals surface area contributed by atoms with Crippen molar-refractivity contribution in [2.24, 2.45) is 5.73 Å². The van der Waals surface area contributed by atoms with Crippen LogP contribution in [0.1, 0.15) is 11.5 Å². The molecule has 4 nitrogen and oxygen atoms in total. The molecule has 2 rings (SSSR count). The Balaban J connectivity index is 2.03. The molecule has 1 aliphatic heterocycles. The lowest BCUT2D eigenvalue weighted by atomic mass is 9.99. The molecule has 0 spiro atoms. The van der Waals surface area contributed by atoms with Crippen LogP contribution in [0.15, 0.2) is 24.3 Å². The van der Waals surface area contributed by atoms with E-state index in [1.54, 1.807) is 12.1 Å². The van der Waals surface area contributed by atoms with Gasteiger partial charge in [0.05, 0.1) is 5.92 Å². The first-order chi connectivity index (χ1) is 8.20. The summed E-state index contributed by atoms with van der Waals surface area (Å²) in [7, 11) is 0. The van der Waals surface area contributed by atoms with E-state index in [1.807, 2.05) is 23.9 Å². The molecule has 0 aromatic heterocycles. The maximum absolute atomic E-state index is 10.9. The molecule has 1 saturated heterocycles. The van der Waals surface area contributed by atoms with Crippen molar-refractivity contribution >= 4 is 17.7 Å². The lowest BCUT2D eigenvalue weighted by Gasteiger charge is -2.26. The number of carboxylic acids is 1. The van der Waals surface area contributed by atoms with Gasteiger partial charge >= 0.3 is 5.97 Å². The van der Waals surface area contributed by atoms with Gasteiger partial charge in [0, 0.05) is 18.1 Å². The molecule has 92 valence electrons. The van der Waals surface area contributed by atoms with Crippen LogP contribution in [0.4, 0.5) is 0 Å². The highest BCUT2D eigenvalue weighted by atomic mass is 32.2. The first kappa shape index (κ1) is 12.3. The molecule has 1 heterocycles. The minimum atomic E-state index is -0.892. The van der Waals surface area contributed by atoms with Crippen LogP contribution in [-0.2, 0) is 4.79 Å². The molecule has 0 saturated carbocycles. The van der Waals surface area contributed by atoms with E-state index in [9.17, 15) is 4.79 Å². The number of carbonyl (C=O) groups is 1. The van der Waals surface area contributed by atoms with Gasteiger partial charge in [-0.15, -0.1) is 0 Å². The van der Waals surface area contributed by atoms with Crippen molar-refractivity contribution in [1.29, 1.82) is 0 Å². The standard InChI is InChI=1S/C12H15NO3S/c13-5-11(12(14)15)8-1-3-9(4-2-8)16-10-6-17-7-10/h1-4,10-11H,5-7,13H2,(H,14,15). The second-order valence-corrected chi connectivity index (χ2v) is 5.05. The molecule has 5 heteroatoms. The molecule has 0 bridgehead atoms. The second-order valence-electron chi connectivity index (χ2n) is 3.97. The maximum atomic E-state index is 10.9. The molecular weight excluding hydrogens is 238 g/mol. The summed E-state index contributed by atoms with van der Waals surface area (Å²) in [4.78, 5) is 10.9. The van der Waals surface area contributed by atoms with Crippen LogP contribution in [-0.4, -0.2) is 35.2 Å². The molecule has 1 fully saturated rings. The predicted octanol–water partition coefficient (Wildman–Crippen LogP) is 1.31. The monoisotopic (exact) mass is 253 g/mol. The number of nitrogens with two attached hydrogens (primary N) is 1. The molecule has 3 N–H and O–H groups in total. The predicted molar refractivity (Wildman–Crippen MR) is 67.6 cm³/mol. The number of aliphatic carboxylic acids is 1. The van der Waals surface area contributed by atoms with Gasteiger partial charge in [0.1, 0.15) is 11.9 Å². The Morgan fingerprint density at radius 2 is 2.12 bits per heavy atom. The lowest BCUT2D eigenvalue weighted by molar-refractivity contribution is -0.138. The highest BCUT2D eigenvalue weighted by Crippen LogP contribution is 2.25. The summed E-state index contributed by atoms with van der Waals surface area (Å²) in [5.74, 6) is 1.32. The number of hydrogen-bond acceptors (Lipinski definition) is 4. The summed E-state index contributed by atoms with van der Waals surface area (Å²) >= 11 is 1.86. The van der Waals surface area contributed by atoms with Gasteiger partial charge < -0.3 is 15.6 Å². The number of benzene rings is 1. The van der Waals surface area contributed by atoms with Gasteiger partial charge in [-0.1, -0.05) is 12.1 Å². The zero-order valence-electron chi connectivity index (χ0n) is 9.33. The SMILES string of the molecule is NCC(C(=O)O)c1ccc(OC2CSC2)cc1. The first-order valence-electron chi connectivity index (χ1n) is 5.48. The lowest BCUT2D eigenvalue weighted by Crippen LogP contribution is -2.31. The summed E-state index contributed by atoms with van der Waals surface area (Å²) in [6, 6.07) is 7.16. The molecule has 17 heavy (non-hydrogen) atoms. The van der Waals surface area contributed by atoms with Crippen molar-refractivity contribution in [1.82, 2.24) is 0 Å². The fraction of sp³-hybridized carbons (Fsp3) is 0.417. The van der Waals surface area contributed by atoms with Crippen LogP contribution in [0.2, 0.25) is 0 Å². The van der Waals surface area contributed by atoms with Gasteiger partial charge in [-0.2, -0.15) is 11.8 Å². The van der Waals surface area contributed by atoms with Gasteiger partial charge in [-0.05, 0) is 17.7 Å². The molecule has 0 amide bonds. The number of ether oxygens (including phenoxy) is 1. The van der Waals surface area contributed by atoms with E-state index < -0.39 is 11.9 Å². The van der Waals surface area contributed by atoms with E-state index in [0.29, 0.717) is 6.10 Å². The summed E-state index contributed by atoms with van der Waals surface area (Å²) in [6.45, 7) is 0.106. The minimum Gasteiger partial charge on any atom is -0.489 e. The van der Waals surface area contributed by atoms with E-state index in [-0.39, 0.29) is 6.54 Å². The van der Waals surface area contributed by atoms with Gasteiger partial charge in [-0.3, -0.25) is 4.79 Å². The smallest absolute Gasteiger partial charge is 0.312 e. The van der Waals surface area contributed by atoms with Gasteiger partial charge in [-0.25, -0.2) is 0 Å². The molecular formula is C12H15NO3S. The van der Waals surface area contributed by atoms with Crippen LogP contribution in [0.3, 0.4) is 0 Å². The molecule has 1 aliphatic rings. The normalized spacial score (nSPS) is 17.2. The second kappa shape index (κ2) is 5.42. The Labute approximate surface area is 104 Å². The molecule has 1 aromatic carbocycles. The van der Waals surface area contributed by atoms with E-state index in [1.165, 1.54) is 0 Å². The quantitative estimate of drug-likeness (QED) is 0.827. The summed E-state index contributed by atoms with van der Waals surface area (Å²) < 4.78 is 5.68. The summed E-state index contributed by atoms with van der Waals surface area (Å²) in [5.41, 5.74) is 6.16. The van der Waals surface area contributed by atoms with Gasteiger partial charge in [0.15, 0.2) is 0 Å². The Hall–Kier alpha value is -1.20. The van der Waals surface area contributed by atoms with E-state index in [2.05, 4.69) is 0 Å². The van der Waals surface area contributed by atoms with Crippen LogP contribution >= 0.6 is 11.8 Å². The zero-order chi connectivity index (χ0) is 12.3. The van der Waals surface area contributed by atoms with Crippen LogP contribution in [0, 0.1) is 0 Å². The molecule has 0 radical (unpaired) electrons. The third kappa shape index (κ3) is 2.92. The molecule has 1 aromatic rings. The highest BCUT2D eigenvalue weighted by molar-refractivity contribution is 8.00. The van der Waals surface area contributed by atoms with E-state index >= 15 is 0 Å². The zero-order valence-corrected chi connectivity index (χ0v) is 10.2. The topological polar surface area (TPSA) is 72.6 Å². The Morgan fingerprint density at radius 1 is 1.47 bits per heavy atom. The fourth-order valence-electron chi connectivity index (χ4n) is 1.63. The van der Waals surface area contributed by atoms with Crippen molar-refractivity contribution in [3.05, 3.63) is 29.8 Å². The first-order valence-corrected chi connectivity index (χ1v) is 6.63. The van der Waals surface area contributed by atoms with Crippen LogP contribution in [0.5, 0.6) is 5.75 Å². The van der Waals surface area contributed by atoms with Gasteiger partial charge in [0.25, 0.3) is 0 Å². The number of hydrogen-bond donors (Lipinski definition) is 2. The largest absolute Gasteiger partial charge is 0.489 e. The number of thioether (sulfide) groups is 1. The fourth-order valence-corrected chi connectivity index (χ4v) is 2.20. The van der Waals surface area contributed by atoms with Crippen molar-refractivity contribution in [3.63, 3.8) is 0 Å². The van der Waals surface area contributed by atoms with Crippen LogP contribution in [0.25, 0.3) is 0 Å². The van der Waals surface area contributed by atoms with Crippen molar-refractivity contribution in [2.45, 2.75) is 12.0 Å². The highest BCUT2D eigenvalue weighted by Gasteiger charge is 2.21. The van der Waals surface area contributed by atoms with Gasteiger partial charge in [0.2, 0.25) is 0 Å². The molecule has 1 atom stereocenters. The van der Waals surface area contributed by atoms with E-state index in [4.69, 9.17) is 15.6 Å². The Bertz CT molecular complexity index is 389. The summed E-state index contributed by atoms with van der Waals surface area (Å²) in [6.07, 6.45) is 0.302. The summed E-state index contributed by atoms with van der Waals surface area (Å²) in [5, 5.41) is 8.97. The van der Waals surface area contributed by atoms with Crippen LogP contribution < -0.4 is 10.5 Å². The molecule has 1 unspecified atom stereocenters. The van der Waals surface area contributed by atoms with Crippen molar-refractivity contribution in [2.75, 3.05) is 18.1 Å².